The fourth-order valence-electron chi connectivity index (χ4n) is 5.12. The van der Waals surface area contributed by atoms with E-state index in [2.05, 4.69) is 25.4 Å². The van der Waals surface area contributed by atoms with Crippen LogP contribution in [0.3, 0.4) is 0 Å². The first-order valence-electron chi connectivity index (χ1n) is 11.6. The van der Waals surface area contributed by atoms with Gasteiger partial charge >= 0.3 is 0 Å². The quantitative estimate of drug-likeness (QED) is 0.373. The summed E-state index contributed by atoms with van der Waals surface area (Å²) in [7, 11) is 1.69. The standard InChI is InChI=1S/C25H22F4N8/c1-36-23(33-15-3-4-16(18(26)8-15)17-6-7-31-21(30)20(17)27)34-22(35-36)14-2-5-19(32-9-14)37-12-24(13-37)10-25(28,29)11-24/h2-9H,10-13H2,1H3,(H2,30,31)(H,33,34,35). The Kier molecular flexibility index (Phi) is 5.11. The molecular formula is C25H22F4N8. The molecule has 0 amide bonds. The van der Waals surface area contributed by atoms with E-state index in [0.717, 1.165) is 5.82 Å². The highest BCUT2D eigenvalue weighted by atomic mass is 19.3. The molecule has 1 aliphatic carbocycles. The molecule has 1 aromatic carbocycles. The van der Waals surface area contributed by atoms with Crippen LogP contribution in [0.4, 0.5) is 40.8 Å². The van der Waals surface area contributed by atoms with Crippen LogP contribution in [0.5, 0.6) is 0 Å². The molecule has 12 heteroatoms. The van der Waals surface area contributed by atoms with Crippen LogP contribution in [0.1, 0.15) is 12.8 Å². The van der Waals surface area contributed by atoms with Crippen molar-refractivity contribution < 1.29 is 17.6 Å². The van der Waals surface area contributed by atoms with Crippen LogP contribution < -0.4 is 16.0 Å². The summed E-state index contributed by atoms with van der Waals surface area (Å²) in [5, 5.41) is 7.41. The number of nitrogens with two attached hydrogens (primary N) is 1. The molecule has 2 fully saturated rings. The van der Waals surface area contributed by atoms with E-state index in [-0.39, 0.29) is 35.2 Å². The average molecular weight is 510 g/mol. The summed E-state index contributed by atoms with van der Waals surface area (Å²) in [6, 6.07) is 9.27. The van der Waals surface area contributed by atoms with E-state index in [1.54, 1.807) is 19.3 Å². The third-order valence-corrected chi connectivity index (χ3v) is 6.84. The van der Waals surface area contributed by atoms with Crippen LogP contribution in [0.25, 0.3) is 22.5 Å². The number of nitrogens with zero attached hydrogens (tertiary/aromatic N) is 6. The van der Waals surface area contributed by atoms with Crippen LogP contribution in [0, 0.1) is 17.0 Å². The Morgan fingerprint density at radius 2 is 1.78 bits per heavy atom. The van der Waals surface area contributed by atoms with Crippen molar-refractivity contribution in [3.05, 3.63) is 60.4 Å². The van der Waals surface area contributed by atoms with Gasteiger partial charge in [0.2, 0.25) is 11.9 Å². The van der Waals surface area contributed by atoms with Crippen molar-refractivity contribution in [1.82, 2.24) is 24.7 Å². The highest BCUT2D eigenvalue weighted by Crippen LogP contribution is 2.57. The lowest BCUT2D eigenvalue weighted by Gasteiger charge is -2.59. The predicted octanol–water partition coefficient (Wildman–Crippen LogP) is 4.78. The third-order valence-electron chi connectivity index (χ3n) is 6.84. The second-order valence-electron chi connectivity index (χ2n) is 9.73. The summed E-state index contributed by atoms with van der Waals surface area (Å²) in [6.45, 7) is 1.17. The zero-order chi connectivity index (χ0) is 25.9. The Bertz CT molecular complexity index is 1490. The lowest BCUT2D eigenvalue weighted by atomic mass is 9.61. The summed E-state index contributed by atoms with van der Waals surface area (Å²) >= 11 is 0. The largest absolute Gasteiger partial charge is 0.381 e. The Balaban J connectivity index is 1.15. The highest BCUT2D eigenvalue weighted by molar-refractivity contribution is 5.70. The molecule has 0 bridgehead atoms. The van der Waals surface area contributed by atoms with Crippen LogP contribution in [-0.4, -0.2) is 43.7 Å². The molecule has 0 unspecified atom stereocenters. The highest BCUT2D eigenvalue weighted by Gasteiger charge is 2.61. The molecule has 0 atom stereocenters. The number of rotatable bonds is 5. The fourth-order valence-corrected chi connectivity index (χ4v) is 5.12. The van der Waals surface area contributed by atoms with Gasteiger partial charge in [-0.25, -0.2) is 32.2 Å². The average Bonchev–Trinajstić information content (AvgIpc) is 3.18. The maximum atomic E-state index is 14.8. The van der Waals surface area contributed by atoms with Crippen LogP contribution in [-0.2, 0) is 7.05 Å². The molecule has 37 heavy (non-hydrogen) atoms. The normalized spacial score (nSPS) is 17.4. The SMILES string of the molecule is Cn1nc(-c2ccc(N3CC4(C3)CC(F)(F)C4)nc2)nc1Nc1ccc(-c2ccnc(N)c2F)c(F)c1. The Morgan fingerprint density at radius 1 is 1.00 bits per heavy atom. The van der Waals surface area contributed by atoms with Gasteiger partial charge in [-0.05, 0) is 36.4 Å². The first-order chi connectivity index (χ1) is 17.6. The summed E-state index contributed by atoms with van der Waals surface area (Å²) in [5.41, 5.74) is 6.37. The molecule has 190 valence electrons. The van der Waals surface area contributed by atoms with Gasteiger partial charge in [-0.2, -0.15) is 4.98 Å². The molecular weight excluding hydrogens is 488 g/mol. The summed E-state index contributed by atoms with van der Waals surface area (Å²) in [4.78, 5) is 14.6. The van der Waals surface area contributed by atoms with Crippen LogP contribution >= 0.6 is 0 Å². The van der Waals surface area contributed by atoms with Crippen molar-refractivity contribution >= 4 is 23.3 Å². The molecule has 4 aromatic rings. The minimum absolute atomic E-state index is 0.0208. The maximum absolute atomic E-state index is 14.8. The number of alkyl halides is 2. The van der Waals surface area contributed by atoms with E-state index < -0.39 is 17.6 Å². The van der Waals surface area contributed by atoms with E-state index in [1.807, 2.05) is 17.0 Å². The number of nitrogen functional groups attached to an aromatic ring is 1. The minimum atomic E-state index is -2.53. The van der Waals surface area contributed by atoms with Crippen molar-refractivity contribution in [2.45, 2.75) is 18.8 Å². The van der Waals surface area contributed by atoms with E-state index >= 15 is 0 Å². The zero-order valence-electron chi connectivity index (χ0n) is 19.7. The first-order valence-corrected chi connectivity index (χ1v) is 11.6. The zero-order valence-corrected chi connectivity index (χ0v) is 19.7. The van der Waals surface area contributed by atoms with E-state index in [1.165, 1.54) is 29.1 Å². The number of nitrogens with one attached hydrogen (secondary N) is 1. The van der Waals surface area contributed by atoms with E-state index in [4.69, 9.17) is 5.73 Å². The van der Waals surface area contributed by atoms with Gasteiger partial charge in [0.25, 0.3) is 0 Å². The minimum Gasteiger partial charge on any atom is -0.381 e. The van der Waals surface area contributed by atoms with Crippen LogP contribution in [0.15, 0.2) is 48.8 Å². The number of aryl methyl sites for hydroxylation is 1. The van der Waals surface area contributed by atoms with Gasteiger partial charge in [-0.15, -0.1) is 5.10 Å². The van der Waals surface area contributed by atoms with Gasteiger partial charge in [-0.1, -0.05) is 0 Å². The summed E-state index contributed by atoms with van der Waals surface area (Å²) in [6.07, 6.45) is 2.85. The molecule has 4 heterocycles. The number of benzene rings is 1. The van der Waals surface area contributed by atoms with Crippen molar-refractivity contribution in [2.24, 2.45) is 12.5 Å². The van der Waals surface area contributed by atoms with Gasteiger partial charge in [0, 0.05) is 73.2 Å². The van der Waals surface area contributed by atoms with Gasteiger partial charge in [0.05, 0.1) is 0 Å². The van der Waals surface area contributed by atoms with Gasteiger partial charge in [-0.3, -0.25) is 0 Å². The lowest BCUT2D eigenvalue weighted by Crippen LogP contribution is -2.66. The van der Waals surface area contributed by atoms with Crippen molar-refractivity contribution in [3.8, 4) is 22.5 Å². The lowest BCUT2D eigenvalue weighted by molar-refractivity contribution is -0.170. The predicted molar refractivity (Wildman–Crippen MR) is 130 cm³/mol. The third kappa shape index (κ3) is 4.11. The molecule has 8 nitrogen and oxygen atoms in total. The monoisotopic (exact) mass is 510 g/mol. The molecule has 2 aliphatic rings. The van der Waals surface area contributed by atoms with E-state index in [9.17, 15) is 17.6 Å². The molecule has 1 aliphatic heterocycles. The Hall–Kier alpha value is -4.22. The maximum Gasteiger partial charge on any atom is 0.249 e. The molecule has 1 saturated heterocycles. The molecule has 6 rings (SSSR count). The van der Waals surface area contributed by atoms with Gasteiger partial charge in [0.1, 0.15) is 11.6 Å². The number of halogens is 4. The topological polar surface area (TPSA) is 97.8 Å². The van der Waals surface area contributed by atoms with Crippen LogP contribution in [0.2, 0.25) is 0 Å². The summed E-state index contributed by atoms with van der Waals surface area (Å²) < 4.78 is 57.1. The molecule has 3 aromatic heterocycles. The van der Waals surface area contributed by atoms with E-state index in [0.29, 0.717) is 36.1 Å². The number of hydrogen-bond donors (Lipinski definition) is 2. The second kappa shape index (κ2) is 8.15. The van der Waals surface area contributed by atoms with Crippen molar-refractivity contribution in [3.63, 3.8) is 0 Å². The van der Waals surface area contributed by atoms with Gasteiger partial charge < -0.3 is 16.0 Å². The molecule has 0 radical (unpaired) electrons. The molecule has 3 N–H and O–H groups in total. The fraction of sp³-hybridized carbons (Fsp3) is 0.280. The first kappa shape index (κ1) is 23.2. The van der Waals surface area contributed by atoms with Crippen molar-refractivity contribution in [1.29, 1.82) is 0 Å². The Morgan fingerprint density at radius 3 is 2.46 bits per heavy atom. The summed E-state index contributed by atoms with van der Waals surface area (Å²) in [5.74, 6) is -2.75. The van der Waals surface area contributed by atoms with Crippen molar-refractivity contribution in [2.75, 3.05) is 29.0 Å². The smallest absolute Gasteiger partial charge is 0.249 e. The number of pyridine rings is 2. The van der Waals surface area contributed by atoms with Gasteiger partial charge in [0.15, 0.2) is 17.5 Å². The molecule has 1 saturated carbocycles. The molecule has 1 spiro atoms. The number of aromatic nitrogens is 5. The second-order valence-corrected chi connectivity index (χ2v) is 9.73. The number of anilines is 4. The Labute approximate surface area is 209 Å². The number of hydrogen-bond acceptors (Lipinski definition) is 7.